The topological polar surface area (TPSA) is 76.0 Å². The Hall–Kier alpha value is -3.43. The highest BCUT2D eigenvalue weighted by atomic mass is 32.2. The molecule has 0 aliphatic heterocycles. The molecule has 0 saturated heterocycles. The van der Waals surface area contributed by atoms with Crippen LogP contribution in [0.25, 0.3) is 5.69 Å². The van der Waals surface area contributed by atoms with Gasteiger partial charge in [-0.05, 0) is 54.3 Å². The van der Waals surface area contributed by atoms with Gasteiger partial charge in [-0.15, -0.1) is 11.3 Å². The summed E-state index contributed by atoms with van der Waals surface area (Å²) in [6.45, 7) is 2.14. The zero-order valence-electron chi connectivity index (χ0n) is 17.7. The highest BCUT2D eigenvalue weighted by molar-refractivity contribution is 7.99. The van der Waals surface area contributed by atoms with Crippen LogP contribution in [-0.2, 0) is 11.3 Å². The number of thiophene rings is 1. The fourth-order valence-corrected chi connectivity index (χ4v) is 4.49. The summed E-state index contributed by atoms with van der Waals surface area (Å²) in [6.07, 6.45) is 3.41. The summed E-state index contributed by atoms with van der Waals surface area (Å²) in [5, 5.41) is 8.19. The molecule has 0 unspecified atom stereocenters. The third-order valence-corrected chi connectivity index (χ3v) is 6.63. The van der Waals surface area contributed by atoms with Gasteiger partial charge in [-0.2, -0.15) is 0 Å². The number of imidazole rings is 1. The first kappa shape index (κ1) is 22.8. The molecule has 9 heteroatoms. The average molecular weight is 481 g/mol. The van der Waals surface area contributed by atoms with Crippen LogP contribution in [0, 0.1) is 12.7 Å². The van der Waals surface area contributed by atoms with Crippen LogP contribution < -0.4 is 10.6 Å². The molecule has 6 nitrogen and oxygen atoms in total. The van der Waals surface area contributed by atoms with Gasteiger partial charge in [-0.1, -0.05) is 30.0 Å². The lowest BCUT2D eigenvalue weighted by Crippen LogP contribution is -2.22. The molecule has 2 aromatic carbocycles. The molecule has 2 amide bonds. The van der Waals surface area contributed by atoms with E-state index >= 15 is 0 Å². The van der Waals surface area contributed by atoms with E-state index < -0.39 is 0 Å². The number of thioether (sulfide) groups is 1. The first-order valence-electron chi connectivity index (χ1n) is 10.1. The lowest BCUT2D eigenvalue weighted by Gasteiger charge is -2.10. The molecular formula is C24H21FN4O2S2. The maximum absolute atomic E-state index is 13.7. The molecule has 2 N–H and O–H groups in total. The molecule has 168 valence electrons. The maximum atomic E-state index is 13.7. The SMILES string of the molecule is Cc1ccc(NC(=O)CSc2nccn2-c2cccc(C(=O)NCc3cccs3)c2)cc1F. The van der Waals surface area contributed by atoms with Gasteiger partial charge in [0.25, 0.3) is 5.91 Å². The van der Waals surface area contributed by atoms with Gasteiger partial charge in [0.05, 0.1) is 12.3 Å². The molecule has 33 heavy (non-hydrogen) atoms. The molecule has 0 aliphatic rings. The minimum absolute atomic E-state index is 0.105. The second-order valence-electron chi connectivity index (χ2n) is 7.19. The number of rotatable bonds is 8. The number of anilines is 1. The van der Waals surface area contributed by atoms with Crippen molar-refractivity contribution in [1.82, 2.24) is 14.9 Å². The van der Waals surface area contributed by atoms with Crippen LogP contribution in [0.4, 0.5) is 10.1 Å². The summed E-state index contributed by atoms with van der Waals surface area (Å²) in [4.78, 5) is 30.3. The number of halogens is 1. The standard InChI is InChI=1S/C24H21FN4O2S2/c1-16-7-8-18(13-21(16)25)28-22(30)15-33-24-26-9-10-29(24)19-5-2-4-17(12-19)23(31)27-14-20-6-3-11-32-20/h2-13H,14-15H2,1H3,(H,27,31)(H,28,30). The van der Waals surface area contributed by atoms with E-state index in [4.69, 9.17) is 0 Å². The number of benzene rings is 2. The molecule has 0 aliphatic carbocycles. The van der Waals surface area contributed by atoms with E-state index in [1.807, 2.05) is 34.2 Å². The van der Waals surface area contributed by atoms with E-state index in [1.165, 1.54) is 17.8 Å². The average Bonchev–Trinajstić information content (AvgIpc) is 3.51. The van der Waals surface area contributed by atoms with E-state index in [1.54, 1.807) is 54.9 Å². The van der Waals surface area contributed by atoms with Gasteiger partial charge in [0.2, 0.25) is 5.91 Å². The highest BCUT2D eigenvalue weighted by Crippen LogP contribution is 2.22. The van der Waals surface area contributed by atoms with Crippen LogP contribution in [-0.4, -0.2) is 27.1 Å². The zero-order chi connectivity index (χ0) is 23.2. The summed E-state index contributed by atoms with van der Waals surface area (Å²) >= 11 is 2.84. The van der Waals surface area contributed by atoms with Crippen molar-refractivity contribution in [1.29, 1.82) is 0 Å². The Kier molecular flexibility index (Phi) is 7.21. The fourth-order valence-electron chi connectivity index (χ4n) is 3.07. The quantitative estimate of drug-likeness (QED) is 0.347. The molecule has 0 radical (unpaired) electrons. The lowest BCUT2D eigenvalue weighted by atomic mass is 10.2. The number of nitrogens with zero attached hydrogens (tertiary/aromatic N) is 2. The predicted molar refractivity (Wildman–Crippen MR) is 130 cm³/mol. The second kappa shape index (κ2) is 10.5. The van der Waals surface area contributed by atoms with Crippen LogP contribution in [0.5, 0.6) is 0 Å². The number of carbonyl (C=O) groups excluding carboxylic acids is 2. The van der Waals surface area contributed by atoms with Gasteiger partial charge >= 0.3 is 0 Å². The molecular weight excluding hydrogens is 459 g/mol. The van der Waals surface area contributed by atoms with Crippen molar-refractivity contribution in [3.8, 4) is 5.69 Å². The molecule has 4 aromatic rings. The maximum Gasteiger partial charge on any atom is 0.251 e. The molecule has 0 atom stereocenters. The summed E-state index contributed by atoms with van der Waals surface area (Å²) in [5.41, 5.74) is 2.23. The second-order valence-corrected chi connectivity index (χ2v) is 9.17. The monoisotopic (exact) mass is 480 g/mol. The third-order valence-electron chi connectivity index (χ3n) is 4.78. The Morgan fingerprint density at radius 2 is 2.03 bits per heavy atom. The van der Waals surface area contributed by atoms with Gasteiger partial charge in [-0.25, -0.2) is 9.37 Å². The van der Waals surface area contributed by atoms with E-state index in [0.717, 1.165) is 10.6 Å². The number of nitrogens with one attached hydrogen (secondary N) is 2. The number of carbonyl (C=O) groups is 2. The summed E-state index contributed by atoms with van der Waals surface area (Å²) in [5.74, 6) is -0.688. The minimum Gasteiger partial charge on any atom is -0.347 e. The molecule has 2 aromatic heterocycles. The van der Waals surface area contributed by atoms with Gasteiger partial charge in [-0.3, -0.25) is 14.2 Å². The minimum atomic E-state index is -0.365. The van der Waals surface area contributed by atoms with Gasteiger partial charge < -0.3 is 10.6 Å². The van der Waals surface area contributed by atoms with E-state index in [0.29, 0.717) is 28.5 Å². The molecule has 0 fully saturated rings. The van der Waals surface area contributed by atoms with Crippen molar-refractivity contribution in [2.75, 3.05) is 11.1 Å². The Morgan fingerprint density at radius 3 is 2.82 bits per heavy atom. The molecule has 0 saturated carbocycles. The number of amides is 2. The summed E-state index contributed by atoms with van der Waals surface area (Å²) in [7, 11) is 0. The van der Waals surface area contributed by atoms with Gasteiger partial charge in [0.15, 0.2) is 5.16 Å². The number of hydrogen-bond acceptors (Lipinski definition) is 5. The molecule has 2 heterocycles. The van der Waals surface area contributed by atoms with Crippen LogP contribution in [0.2, 0.25) is 0 Å². The van der Waals surface area contributed by atoms with Crippen LogP contribution in [0.1, 0.15) is 20.8 Å². The lowest BCUT2D eigenvalue weighted by molar-refractivity contribution is -0.113. The van der Waals surface area contributed by atoms with Gasteiger partial charge in [0, 0.05) is 34.2 Å². The summed E-state index contributed by atoms with van der Waals surface area (Å²) < 4.78 is 15.5. The molecule has 4 rings (SSSR count). The van der Waals surface area contributed by atoms with Crippen LogP contribution >= 0.6 is 23.1 Å². The van der Waals surface area contributed by atoms with E-state index in [2.05, 4.69) is 15.6 Å². The Balaban J connectivity index is 1.39. The summed E-state index contributed by atoms with van der Waals surface area (Å²) in [6, 6.07) is 15.7. The van der Waals surface area contributed by atoms with Crippen LogP contribution in [0.15, 0.2) is 77.5 Å². The Labute approximate surface area is 198 Å². The Bertz CT molecular complexity index is 1270. The van der Waals surface area contributed by atoms with Crippen molar-refractivity contribution in [2.24, 2.45) is 0 Å². The van der Waals surface area contributed by atoms with Crippen LogP contribution in [0.3, 0.4) is 0 Å². The normalized spacial score (nSPS) is 10.7. The first-order chi connectivity index (χ1) is 16.0. The number of hydrogen-bond donors (Lipinski definition) is 2. The van der Waals surface area contributed by atoms with Crippen molar-refractivity contribution in [3.63, 3.8) is 0 Å². The smallest absolute Gasteiger partial charge is 0.251 e. The highest BCUT2D eigenvalue weighted by Gasteiger charge is 2.12. The Morgan fingerprint density at radius 1 is 1.15 bits per heavy atom. The van der Waals surface area contributed by atoms with Crippen molar-refractivity contribution < 1.29 is 14.0 Å². The van der Waals surface area contributed by atoms with Crippen molar-refractivity contribution in [3.05, 3.63) is 94.2 Å². The number of aryl methyl sites for hydroxylation is 1. The largest absolute Gasteiger partial charge is 0.347 e. The zero-order valence-corrected chi connectivity index (χ0v) is 19.4. The fraction of sp³-hybridized carbons (Fsp3) is 0.125. The molecule has 0 spiro atoms. The van der Waals surface area contributed by atoms with E-state index in [-0.39, 0.29) is 23.4 Å². The van der Waals surface area contributed by atoms with E-state index in [9.17, 15) is 14.0 Å². The van der Waals surface area contributed by atoms with Crippen molar-refractivity contribution >= 4 is 40.6 Å². The molecule has 0 bridgehead atoms. The van der Waals surface area contributed by atoms with Crippen molar-refractivity contribution in [2.45, 2.75) is 18.6 Å². The number of aromatic nitrogens is 2. The van der Waals surface area contributed by atoms with Gasteiger partial charge in [0.1, 0.15) is 5.82 Å². The third kappa shape index (κ3) is 5.88. The first-order valence-corrected chi connectivity index (χ1v) is 12.0. The predicted octanol–water partition coefficient (Wildman–Crippen LogP) is 5.04.